The average Bonchev–Trinajstić information content (AvgIpc) is 3.13. The van der Waals surface area contributed by atoms with Gasteiger partial charge < -0.3 is 20.3 Å². The van der Waals surface area contributed by atoms with E-state index in [2.05, 4.69) is 27.4 Å². The lowest BCUT2D eigenvalue weighted by Gasteiger charge is -2.26. The largest absolute Gasteiger partial charge is 0.385 e. The van der Waals surface area contributed by atoms with Gasteiger partial charge in [0, 0.05) is 51.9 Å². The molecule has 1 unspecified atom stereocenters. The van der Waals surface area contributed by atoms with E-state index >= 15 is 0 Å². The van der Waals surface area contributed by atoms with E-state index in [1.165, 1.54) is 19.3 Å². The summed E-state index contributed by atoms with van der Waals surface area (Å²) in [6.07, 6.45) is 10.2. The Morgan fingerprint density at radius 1 is 1.15 bits per heavy atom. The van der Waals surface area contributed by atoms with Crippen molar-refractivity contribution in [3.05, 3.63) is 0 Å². The van der Waals surface area contributed by atoms with Crippen molar-refractivity contribution in [3.63, 3.8) is 0 Å². The van der Waals surface area contributed by atoms with Crippen LogP contribution in [0.25, 0.3) is 0 Å². The molecule has 0 aromatic rings. The summed E-state index contributed by atoms with van der Waals surface area (Å²) in [6, 6.07) is 0.314. The molecule has 1 amide bonds. The van der Waals surface area contributed by atoms with Crippen LogP contribution in [0.2, 0.25) is 0 Å². The number of nitrogens with zero attached hydrogens (tertiary/aromatic N) is 2. The Morgan fingerprint density at radius 2 is 1.93 bits per heavy atom. The van der Waals surface area contributed by atoms with Gasteiger partial charge >= 0.3 is 0 Å². The van der Waals surface area contributed by atoms with Gasteiger partial charge in [0.2, 0.25) is 5.91 Å². The molecule has 2 rings (SSSR count). The second-order valence-corrected chi connectivity index (χ2v) is 7.56. The number of guanidine groups is 1. The second kappa shape index (κ2) is 14.4. The maximum absolute atomic E-state index is 12.7. The molecule has 2 aliphatic rings. The summed E-state index contributed by atoms with van der Waals surface area (Å²) in [5.74, 6) is 1.54. The van der Waals surface area contributed by atoms with Crippen molar-refractivity contribution < 1.29 is 9.53 Å². The van der Waals surface area contributed by atoms with Crippen LogP contribution in [0.1, 0.15) is 64.7 Å². The highest BCUT2D eigenvalue weighted by Gasteiger charge is 2.31. The fourth-order valence-corrected chi connectivity index (χ4v) is 3.93. The molecule has 1 saturated heterocycles. The monoisotopic (exact) mass is 494 g/mol. The van der Waals surface area contributed by atoms with Crippen molar-refractivity contribution in [1.82, 2.24) is 15.5 Å². The van der Waals surface area contributed by atoms with Gasteiger partial charge in [0.05, 0.1) is 0 Å². The standard InChI is InChI=1S/C20H38N4O2.HI/c1-3-21-20(22-13-8-5-9-15-26-2)23-18-12-14-24(16-18)19(25)17-10-6-4-7-11-17;/h17-18H,3-16H2,1-2H3,(H2,21,22,23);1H. The second-order valence-electron chi connectivity index (χ2n) is 7.56. The molecule has 158 valence electrons. The van der Waals surface area contributed by atoms with E-state index in [1.54, 1.807) is 7.11 Å². The lowest BCUT2D eigenvalue weighted by Crippen LogP contribution is -2.45. The summed E-state index contributed by atoms with van der Waals surface area (Å²) >= 11 is 0. The highest BCUT2D eigenvalue weighted by atomic mass is 127. The van der Waals surface area contributed by atoms with E-state index in [9.17, 15) is 4.79 Å². The molecule has 1 saturated carbocycles. The number of rotatable bonds is 9. The van der Waals surface area contributed by atoms with Crippen LogP contribution < -0.4 is 10.6 Å². The first kappa shape index (κ1) is 24.5. The third-order valence-electron chi connectivity index (χ3n) is 5.42. The number of unbranched alkanes of at least 4 members (excludes halogenated alkanes) is 2. The SMILES string of the molecule is CCNC(=NCCCCCOC)NC1CCN(C(=O)C2CCCCC2)C1.I. The van der Waals surface area contributed by atoms with Gasteiger partial charge in [0.1, 0.15) is 0 Å². The normalized spacial score (nSPS) is 21.0. The molecule has 1 aliphatic carbocycles. The average molecular weight is 494 g/mol. The number of carbonyl (C=O) groups is 1. The highest BCUT2D eigenvalue weighted by Crippen LogP contribution is 2.26. The molecule has 7 heteroatoms. The number of amides is 1. The molecular weight excluding hydrogens is 455 g/mol. The number of halogens is 1. The number of hydrogen-bond donors (Lipinski definition) is 2. The van der Waals surface area contributed by atoms with Crippen molar-refractivity contribution in [3.8, 4) is 0 Å². The van der Waals surface area contributed by atoms with Crippen molar-refractivity contribution in [2.45, 2.75) is 70.8 Å². The number of likely N-dealkylation sites (tertiary alicyclic amines) is 1. The fourth-order valence-electron chi connectivity index (χ4n) is 3.93. The molecule has 2 fully saturated rings. The summed E-state index contributed by atoms with van der Waals surface area (Å²) < 4.78 is 5.08. The van der Waals surface area contributed by atoms with Crippen LogP contribution in [0, 0.1) is 5.92 Å². The molecule has 6 nitrogen and oxygen atoms in total. The van der Waals surface area contributed by atoms with E-state index < -0.39 is 0 Å². The Morgan fingerprint density at radius 3 is 2.63 bits per heavy atom. The number of nitrogens with one attached hydrogen (secondary N) is 2. The van der Waals surface area contributed by atoms with Crippen molar-refractivity contribution in [2.24, 2.45) is 10.9 Å². The zero-order chi connectivity index (χ0) is 18.6. The van der Waals surface area contributed by atoms with E-state index in [-0.39, 0.29) is 29.9 Å². The van der Waals surface area contributed by atoms with Gasteiger partial charge in [0.15, 0.2) is 5.96 Å². The van der Waals surface area contributed by atoms with Crippen LogP contribution in [0.5, 0.6) is 0 Å². The first-order valence-corrected chi connectivity index (χ1v) is 10.6. The number of carbonyl (C=O) groups excluding carboxylic acids is 1. The highest BCUT2D eigenvalue weighted by molar-refractivity contribution is 14.0. The van der Waals surface area contributed by atoms with Gasteiger partial charge in [0.25, 0.3) is 0 Å². The lowest BCUT2D eigenvalue weighted by molar-refractivity contribution is -0.135. The third kappa shape index (κ3) is 8.98. The maximum Gasteiger partial charge on any atom is 0.225 e. The van der Waals surface area contributed by atoms with Gasteiger partial charge in [-0.25, -0.2) is 0 Å². The molecule has 1 aliphatic heterocycles. The van der Waals surface area contributed by atoms with Crippen LogP contribution in [-0.2, 0) is 9.53 Å². The molecule has 0 bridgehead atoms. The summed E-state index contributed by atoms with van der Waals surface area (Å²) in [5.41, 5.74) is 0. The minimum absolute atomic E-state index is 0. The van der Waals surface area contributed by atoms with Crippen molar-refractivity contribution >= 4 is 35.8 Å². The third-order valence-corrected chi connectivity index (χ3v) is 5.42. The Bertz CT molecular complexity index is 442. The molecule has 1 heterocycles. The van der Waals surface area contributed by atoms with E-state index in [0.29, 0.717) is 11.9 Å². The molecule has 2 N–H and O–H groups in total. The quantitative estimate of drug-likeness (QED) is 0.224. The Hall–Kier alpha value is -0.570. The Labute approximate surface area is 182 Å². The summed E-state index contributed by atoms with van der Waals surface area (Å²) in [7, 11) is 1.75. The molecule has 27 heavy (non-hydrogen) atoms. The predicted octanol–water partition coefficient (Wildman–Crippen LogP) is 3.16. The first-order chi connectivity index (χ1) is 12.7. The maximum atomic E-state index is 12.7. The van der Waals surface area contributed by atoms with Gasteiger partial charge in [-0.05, 0) is 45.4 Å². The minimum Gasteiger partial charge on any atom is -0.385 e. The minimum atomic E-state index is 0. The Balaban J connectivity index is 0.00000364. The molecule has 0 aromatic heterocycles. The fraction of sp³-hybridized carbons (Fsp3) is 0.900. The van der Waals surface area contributed by atoms with E-state index in [1.807, 2.05) is 0 Å². The van der Waals surface area contributed by atoms with Crippen LogP contribution >= 0.6 is 24.0 Å². The first-order valence-electron chi connectivity index (χ1n) is 10.6. The van der Waals surface area contributed by atoms with Crippen LogP contribution in [0.3, 0.4) is 0 Å². The number of methoxy groups -OCH3 is 1. The number of aliphatic imine (C=N–C) groups is 1. The molecule has 0 aromatic carbocycles. The zero-order valence-electron chi connectivity index (χ0n) is 17.2. The smallest absolute Gasteiger partial charge is 0.225 e. The van der Waals surface area contributed by atoms with Crippen LogP contribution in [0.15, 0.2) is 4.99 Å². The number of hydrogen-bond acceptors (Lipinski definition) is 3. The lowest BCUT2D eigenvalue weighted by atomic mass is 9.88. The van der Waals surface area contributed by atoms with Crippen molar-refractivity contribution in [2.75, 3.05) is 39.9 Å². The van der Waals surface area contributed by atoms with Crippen LogP contribution in [-0.4, -0.2) is 62.7 Å². The molecular formula is C20H39IN4O2. The van der Waals surface area contributed by atoms with Gasteiger partial charge in [-0.15, -0.1) is 24.0 Å². The van der Waals surface area contributed by atoms with Gasteiger partial charge in [-0.1, -0.05) is 19.3 Å². The summed E-state index contributed by atoms with van der Waals surface area (Å²) in [5, 5.41) is 6.86. The van der Waals surface area contributed by atoms with E-state index in [0.717, 1.165) is 77.3 Å². The molecule has 0 radical (unpaired) electrons. The van der Waals surface area contributed by atoms with Gasteiger partial charge in [-0.2, -0.15) is 0 Å². The topological polar surface area (TPSA) is 66.0 Å². The predicted molar refractivity (Wildman–Crippen MR) is 122 cm³/mol. The summed E-state index contributed by atoms with van der Waals surface area (Å²) in [4.78, 5) is 19.5. The summed E-state index contributed by atoms with van der Waals surface area (Å²) in [6.45, 7) is 6.29. The van der Waals surface area contributed by atoms with E-state index in [4.69, 9.17) is 4.74 Å². The van der Waals surface area contributed by atoms with Crippen LogP contribution in [0.4, 0.5) is 0 Å². The van der Waals surface area contributed by atoms with Crippen molar-refractivity contribution in [1.29, 1.82) is 0 Å². The number of ether oxygens (including phenoxy) is 1. The molecule has 0 spiro atoms. The van der Waals surface area contributed by atoms with Gasteiger partial charge in [-0.3, -0.25) is 9.79 Å². The molecule has 1 atom stereocenters. The zero-order valence-corrected chi connectivity index (χ0v) is 19.5. The Kier molecular flexibility index (Phi) is 13.1.